The van der Waals surface area contributed by atoms with E-state index < -0.39 is 0 Å². The summed E-state index contributed by atoms with van der Waals surface area (Å²) in [5.41, 5.74) is 5.67. The van der Waals surface area contributed by atoms with Crippen LogP contribution < -0.4 is 5.73 Å². The second-order valence-corrected chi connectivity index (χ2v) is 8.20. The van der Waals surface area contributed by atoms with Gasteiger partial charge >= 0.3 is 0 Å². The molecule has 3 rings (SSSR count). The molecule has 0 radical (unpaired) electrons. The van der Waals surface area contributed by atoms with E-state index in [4.69, 9.17) is 10.5 Å². The van der Waals surface area contributed by atoms with Gasteiger partial charge in [0.2, 0.25) is 5.91 Å². The van der Waals surface area contributed by atoms with Gasteiger partial charge in [-0.3, -0.25) is 4.79 Å². The summed E-state index contributed by atoms with van der Waals surface area (Å²) < 4.78 is 5.46. The molecule has 3 fully saturated rings. The molecule has 0 aromatic carbocycles. The minimum atomic E-state index is -0.363. The number of halogens is 2. The van der Waals surface area contributed by atoms with Crippen molar-refractivity contribution >= 4 is 30.7 Å². The molecule has 2 N–H and O–H groups in total. The largest absolute Gasteiger partial charge is 0.381 e. The van der Waals surface area contributed by atoms with Crippen LogP contribution in [0.1, 0.15) is 51.9 Å². The SMILES string of the molecule is CC1CCCCN1CC1CCCN(C(=O)C2(CN)CCOCC2)C1.Cl.Cl. The molecule has 2 atom stereocenters. The maximum atomic E-state index is 13.2. The highest BCUT2D eigenvalue weighted by Crippen LogP contribution is 2.33. The average Bonchev–Trinajstić information content (AvgIpc) is 2.64. The van der Waals surface area contributed by atoms with E-state index in [1.807, 2.05) is 0 Å². The van der Waals surface area contributed by atoms with Crippen molar-refractivity contribution in [1.82, 2.24) is 9.80 Å². The minimum absolute atomic E-state index is 0. The summed E-state index contributed by atoms with van der Waals surface area (Å²) in [6.45, 7) is 8.38. The van der Waals surface area contributed by atoms with E-state index in [0.717, 1.165) is 38.9 Å². The highest BCUT2D eigenvalue weighted by Gasteiger charge is 2.42. The van der Waals surface area contributed by atoms with E-state index in [0.29, 0.717) is 37.6 Å². The van der Waals surface area contributed by atoms with Crippen LogP contribution in [-0.4, -0.2) is 67.7 Å². The van der Waals surface area contributed by atoms with E-state index in [2.05, 4.69) is 16.7 Å². The summed E-state index contributed by atoms with van der Waals surface area (Å²) in [4.78, 5) is 18.0. The molecule has 154 valence electrons. The molecule has 0 aliphatic carbocycles. The van der Waals surface area contributed by atoms with Gasteiger partial charge in [-0.1, -0.05) is 6.42 Å². The lowest BCUT2D eigenvalue weighted by Crippen LogP contribution is -2.54. The molecular weight excluding hydrogens is 373 g/mol. The van der Waals surface area contributed by atoms with Crippen LogP contribution in [0, 0.1) is 11.3 Å². The summed E-state index contributed by atoms with van der Waals surface area (Å²) in [6.07, 6.45) is 7.98. The van der Waals surface area contributed by atoms with Crippen molar-refractivity contribution in [2.24, 2.45) is 17.1 Å². The number of piperidine rings is 2. The highest BCUT2D eigenvalue weighted by atomic mass is 35.5. The minimum Gasteiger partial charge on any atom is -0.381 e. The Balaban J connectivity index is 0.00000169. The summed E-state index contributed by atoms with van der Waals surface area (Å²) in [7, 11) is 0. The van der Waals surface area contributed by atoms with Crippen LogP contribution in [-0.2, 0) is 9.53 Å². The highest BCUT2D eigenvalue weighted by molar-refractivity contribution is 5.85. The van der Waals surface area contributed by atoms with Gasteiger partial charge in [0.05, 0.1) is 5.41 Å². The van der Waals surface area contributed by atoms with Crippen LogP contribution in [0.4, 0.5) is 0 Å². The number of amides is 1. The zero-order valence-electron chi connectivity index (χ0n) is 16.2. The van der Waals surface area contributed by atoms with E-state index in [9.17, 15) is 4.79 Å². The van der Waals surface area contributed by atoms with Gasteiger partial charge in [-0.05, 0) is 57.9 Å². The van der Waals surface area contributed by atoms with Crippen molar-refractivity contribution in [3.8, 4) is 0 Å². The number of carbonyl (C=O) groups is 1. The second-order valence-electron chi connectivity index (χ2n) is 8.20. The zero-order chi connectivity index (χ0) is 17.0. The van der Waals surface area contributed by atoms with Crippen molar-refractivity contribution in [3.05, 3.63) is 0 Å². The van der Waals surface area contributed by atoms with Gasteiger partial charge in [-0.25, -0.2) is 0 Å². The summed E-state index contributed by atoms with van der Waals surface area (Å²) in [5, 5.41) is 0. The predicted molar refractivity (Wildman–Crippen MR) is 110 cm³/mol. The topological polar surface area (TPSA) is 58.8 Å². The molecule has 0 aromatic rings. The molecule has 3 aliphatic rings. The van der Waals surface area contributed by atoms with E-state index in [1.165, 1.54) is 32.2 Å². The van der Waals surface area contributed by atoms with Gasteiger partial charge < -0.3 is 20.3 Å². The van der Waals surface area contributed by atoms with Gasteiger partial charge in [-0.15, -0.1) is 24.8 Å². The third kappa shape index (κ3) is 5.48. The molecule has 3 heterocycles. The first-order chi connectivity index (χ1) is 11.6. The quantitative estimate of drug-likeness (QED) is 0.774. The fourth-order valence-electron chi connectivity index (χ4n) is 4.76. The lowest BCUT2D eigenvalue weighted by atomic mass is 9.78. The van der Waals surface area contributed by atoms with Crippen molar-refractivity contribution < 1.29 is 9.53 Å². The number of nitrogens with two attached hydrogens (primary N) is 1. The van der Waals surface area contributed by atoms with Gasteiger partial charge in [0, 0.05) is 45.4 Å². The van der Waals surface area contributed by atoms with Gasteiger partial charge in [0.1, 0.15) is 0 Å². The van der Waals surface area contributed by atoms with Crippen LogP contribution in [0.3, 0.4) is 0 Å². The van der Waals surface area contributed by atoms with Crippen molar-refractivity contribution in [3.63, 3.8) is 0 Å². The van der Waals surface area contributed by atoms with Gasteiger partial charge in [-0.2, -0.15) is 0 Å². The molecule has 26 heavy (non-hydrogen) atoms. The van der Waals surface area contributed by atoms with E-state index >= 15 is 0 Å². The van der Waals surface area contributed by atoms with Crippen LogP contribution in [0.2, 0.25) is 0 Å². The number of hydrogen-bond donors (Lipinski definition) is 1. The van der Waals surface area contributed by atoms with Crippen LogP contribution in [0.15, 0.2) is 0 Å². The second kappa shape index (κ2) is 11.1. The van der Waals surface area contributed by atoms with Gasteiger partial charge in [0.15, 0.2) is 0 Å². The molecule has 5 nitrogen and oxygen atoms in total. The number of rotatable bonds is 4. The molecule has 0 bridgehead atoms. The standard InChI is InChI=1S/C19H35N3O2.2ClH/c1-16-5-2-3-9-21(16)13-17-6-4-10-22(14-17)18(23)19(15-20)7-11-24-12-8-19;;/h16-17H,2-15,20H2,1H3;2*1H. The van der Waals surface area contributed by atoms with Gasteiger partial charge in [0.25, 0.3) is 0 Å². The fraction of sp³-hybridized carbons (Fsp3) is 0.947. The maximum absolute atomic E-state index is 13.2. The molecule has 2 unspecified atom stereocenters. The van der Waals surface area contributed by atoms with Crippen molar-refractivity contribution in [2.75, 3.05) is 45.9 Å². The van der Waals surface area contributed by atoms with E-state index in [1.54, 1.807) is 0 Å². The lowest BCUT2D eigenvalue weighted by Gasteiger charge is -2.43. The molecule has 3 aliphatic heterocycles. The number of hydrogen-bond acceptors (Lipinski definition) is 4. The monoisotopic (exact) mass is 409 g/mol. The summed E-state index contributed by atoms with van der Waals surface area (Å²) >= 11 is 0. The van der Waals surface area contributed by atoms with Crippen molar-refractivity contribution in [2.45, 2.75) is 57.9 Å². The zero-order valence-corrected chi connectivity index (χ0v) is 17.8. The smallest absolute Gasteiger partial charge is 0.230 e. The Morgan fingerprint density at radius 3 is 2.50 bits per heavy atom. The van der Waals surface area contributed by atoms with Crippen molar-refractivity contribution in [1.29, 1.82) is 0 Å². The Bertz CT molecular complexity index is 433. The fourth-order valence-corrected chi connectivity index (χ4v) is 4.76. The average molecular weight is 410 g/mol. The number of nitrogens with zero attached hydrogens (tertiary/aromatic N) is 2. The maximum Gasteiger partial charge on any atom is 0.230 e. The van der Waals surface area contributed by atoms with Crippen LogP contribution in [0.5, 0.6) is 0 Å². The van der Waals surface area contributed by atoms with E-state index in [-0.39, 0.29) is 30.2 Å². The normalized spacial score (nSPS) is 29.4. The first-order valence-electron chi connectivity index (χ1n) is 9.96. The summed E-state index contributed by atoms with van der Waals surface area (Å²) in [6, 6.07) is 0.704. The first-order valence-corrected chi connectivity index (χ1v) is 9.96. The number of ether oxygens (including phenoxy) is 1. The van der Waals surface area contributed by atoms with Crippen LogP contribution >= 0.6 is 24.8 Å². The number of likely N-dealkylation sites (tertiary alicyclic amines) is 2. The third-order valence-electron chi connectivity index (χ3n) is 6.53. The molecular formula is C19H37Cl2N3O2. The number of carbonyl (C=O) groups excluding carboxylic acids is 1. The molecule has 0 aromatic heterocycles. The Labute approximate surface area is 171 Å². The molecule has 7 heteroatoms. The Morgan fingerprint density at radius 1 is 1.12 bits per heavy atom. The molecule has 0 saturated carbocycles. The Hall–Kier alpha value is -0.0700. The first kappa shape index (κ1) is 24.0. The molecule has 0 spiro atoms. The Morgan fingerprint density at radius 2 is 1.85 bits per heavy atom. The molecule has 1 amide bonds. The Kier molecular flexibility index (Phi) is 10.2. The lowest BCUT2D eigenvalue weighted by molar-refractivity contribution is -0.149. The predicted octanol–water partition coefficient (Wildman–Crippen LogP) is 2.70. The third-order valence-corrected chi connectivity index (χ3v) is 6.53. The van der Waals surface area contributed by atoms with Crippen LogP contribution in [0.25, 0.3) is 0 Å². The summed E-state index contributed by atoms with van der Waals surface area (Å²) in [5.74, 6) is 0.919. The molecule has 3 saturated heterocycles.